The molecule has 0 saturated heterocycles. The van der Waals surface area contributed by atoms with E-state index >= 15 is 0 Å². The molecular formula is C10H12NO3P. The molecule has 0 aromatic heterocycles. The van der Waals surface area contributed by atoms with Crippen LogP contribution in [0.4, 0.5) is 5.69 Å². The van der Waals surface area contributed by atoms with E-state index < -0.39 is 8.25 Å². The molecule has 2 rings (SSSR count). The first-order chi connectivity index (χ1) is 7.11. The minimum Gasteiger partial charge on any atom is -0.398 e. The largest absolute Gasteiger partial charge is 0.398 e. The molecule has 0 unspecified atom stereocenters. The van der Waals surface area contributed by atoms with Gasteiger partial charge in [-0.15, -0.1) is 0 Å². The predicted octanol–water partition coefficient (Wildman–Crippen LogP) is 1.78. The minimum atomic E-state index is -3.13. The predicted molar refractivity (Wildman–Crippen MR) is 61.8 cm³/mol. The summed E-state index contributed by atoms with van der Waals surface area (Å²) in [6.45, 7) is 0. The van der Waals surface area contributed by atoms with Gasteiger partial charge in [0.2, 0.25) is 0 Å². The second-order valence-corrected chi connectivity index (χ2v) is 3.42. The van der Waals surface area contributed by atoms with Crippen molar-refractivity contribution in [3.8, 4) is 0 Å². The van der Waals surface area contributed by atoms with Gasteiger partial charge in [0.25, 0.3) is 0 Å². The maximum absolute atomic E-state index is 8.74. The van der Waals surface area contributed by atoms with Crippen LogP contribution in [0.1, 0.15) is 0 Å². The van der Waals surface area contributed by atoms with Crippen molar-refractivity contribution >= 4 is 24.7 Å². The fourth-order valence-electron chi connectivity index (χ4n) is 1.25. The van der Waals surface area contributed by atoms with Crippen LogP contribution in [0.25, 0.3) is 10.8 Å². The lowest BCUT2D eigenvalue weighted by Gasteiger charge is -1.98. The summed E-state index contributed by atoms with van der Waals surface area (Å²) in [6.07, 6.45) is 0. The number of hydrogen-bond donors (Lipinski definition) is 3. The van der Waals surface area contributed by atoms with Crippen LogP contribution in [0, 0.1) is 0 Å². The Morgan fingerprint density at radius 1 is 1.00 bits per heavy atom. The number of nitrogen functional groups attached to an aromatic ring is 1. The minimum absolute atomic E-state index is 0.850. The molecule has 0 fully saturated rings. The van der Waals surface area contributed by atoms with Gasteiger partial charge in [0.05, 0.1) is 0 Å². The summed E-state index contributed by atoms with van der Waals surface area (Å²) in [6, 6.07) is 14.1. The van der Waals surface area contributed by atoms with Gasteiger partial charge in [-0.2, -0.15) is 0 Å². The quantitative estimate of drug-likeness (QED) is 0.471. The Bertz CT molecular complexity index is 464. The first kappa shape index (κ1) is 11.7. The number of nitrogens with two attached hydrogens (primary N) is 1. The van der Waals surface area contributed by atoms with Crippen LogP contribution >= 0.6 is 8.25 Å². The molecule has 0 aliphatic rings. The molecule has 80 valence electrons. The molecular weight excluding hydrogens is 213 g/mol. The van der Waals surface area contributed by atoms with Crippen LogP contribution in [0.5, 0.6) is 0 Å². The lowest BCUT2D eigenvalue weighted by Crippen LogP contribution is -1.84. The monoisotopic (exact) mass is 225 g/mol. The summed E-state index contributed by atoms with van der Waals surface area (Å²) >= 11 is 0. The van der Waals surface area contributed by atoms with E-state index in [9.17, 15) is 0 Å². The molecule has 2 aromatic carbocycles. The summed E-state index contributed by atoms with van der Waals surface area (Å²) in [4.78, 5) is 14.3. The van der Waals surface area contributed by atoms with Crippen molar-refractivity contribution in [3.05, 3.63) is 42.5 Å². The van der Waals surface area contributed by atoms with Gasteiger partial charge >= 0.3 is 8.25 Å². The van der Waals surface area contributed by atoms with E-state index in [1.807, 2.05) is 30.3 Å². The highest BCUT2D eigenvalue weighted by Crippen LogP contribution is 2.19. The van der Waals surface area contributed by atoms with Crippen LogP contribution in [0.15, 0.2) is 42.5 Å². The van der Waals surface area contributed by atoms with Crippen LogP contribution in [-0.2, 0) is 4.57 Å². The van der Waals surface area contributed by atoms with E-state index in [0.29, 0.717) is 0 Å². The molecule has 2 aromatic rings. The molecule has 0 atom stereocenters. The topological polar surface area (TPSA) is 83.6 Å². The molecule has 0 heterocycles. The Morgan fingerprint density at radius 3 is 2.13 bits per heavy atom. The third kappa shape index (κ3) is 3.72. The Morgan fingerprint density at radius 2 is 1.53 bits per heavy atom. The van der Waals surface area contributed by atoms with Crippen molar-refractivity contribution in [1.29, 1.82) is 0 Å². The van der Waals surface area contributed by atoms with Crippen molar-refractivity contribution in [2.75, 3.05) is 5.73 Å². The molecule has 4 nitrogen and oxygen atoms in total. The number of hydrogen-bond acceptors (Lipinski definition) is 2. The van der Waals surface area contributed by atoms with Gasteiger partial charge in [0, 0.05) is 11.1 Å². The van der Waals surface area contributed by atoms with Gasteiger partial charge in [-0.3, -0.25) is 4.57 Å². The lowest BCUT2D eigenvalue weighted by molar-refractivity contribution is 0.405. The van der Waals surface area contributed by atoms with Crippen molar-refractivity contribution < 1.29 is 14.4 Å². The van der Waals surface area contributed by atoms with E-state index in [2.05, 4.69) is 12.1 Å². The zero-order valence-corrected chi connectivity index (χ0v) is 8.92. The Kier molecular flexibility index (Phi) is 4.31. The van der Waals surface area contributed by atoms with Crippen molar-refractivity contribution in [3.63, 3.8) is 0 Å². The average molecular weight is 225 g/mol. The molecule has 15 heavy (non-hydrogen) atoms. The summed E-state index contributed by atoms with van der Waals surface area (Å²) in [7, 11) is -3.13. The normalized spacial score (nSPS) is 9.80. The maximum atomic E-state index is 8.74. The third-order valence-corrected chi connectivity index (χ3v) is 1.82. The zero-order chi connectivity index (χ0) is 11.3. The molecule has 0 aliphatic heterocycles. The van der Waals surface area contributed by atoms with Gasteiger partial charge in [-0.1, -0.05) is 36.4 Å². The van der Waals surface area contributed by atoms with Crippen molar-refractivity contribution in [2.24, 2.45) is 0 Å². The lowest BCUT2D eigenvalue weighted by atomic mass is 10.1. The van der Waals surface area contributed by atoms with Gasteiger partial charge in [-0.05, 0) is 11.5 Å². The summed E-state index contributed by atoms with van der Waals surface area (Å²) in [5.41, 5.74) is 6.61. The second kappa shape index (κ2) is 5.51. The first-order valence-electron chi connectivity index (χ1n) is 4.26. The molecule has 4 N–H and O–H groups in total. The number of benzene rings is 2. The fourth-order valence-corrected chi connectivity index (χ4v) is 1.25. The van der Waals surface area contributed by atoms with E-state index in [1.165, 1.54) is 5.39 Å². The maximum Gasteiger partial charge on any atom is 0.314 e. The number of anilines is 1. The Hall–Kier alpha value is -1.35. The molecule has 0 amide bonds. The standard InChI is InChI=1S/C10H9N.H3O3P/c11-10-7-3-5-8-4-1-2-6-9(8)10;1-4(2)3/h1-7H,11H2;4H,(H2,1,2,3). The van der Waals surface area contributed by atoms with Crippen LogP contribution < -0.4 is 5.73 Å². The first-order valence-corrected chi connectivity index (χ1v) is 5.56. The molecule has 0 spiro atoms. The average Bonchev–Trinajstić information content (AvgIpc) is 2.18. The van der Waals surface area contributed by atoms with Crippen LogP contribution in [-0.4, -0.2) is 9.79 Å². The highest BCUT2D eigenvalue weighted by molar-refractivity contribution is 7.30. The highest BCUT2D eigenvalue weighted by atomic mass is 31.1. The smallest absolute Gasteiger partial charge is 0.314 e. The number of fused-ring (bicyclic) bond motifs is 1. The number of rotatable bonds is 0. The van der Waals surface area contributed by atoms with Crippen LogP contribution in [0.3, 0.4) is 0 Å². The van der Waals surface area contributed by atoms with Gasteiger partial charge < -0.3 is 15.5 Å². The van der Waals surface area contributed by atoms with Crippen LogP contribution in [0.2, 0.25) is 0 Å². The van der Waals surface area contributed by atoms with Gasteiger partial charge in [-0.25, -0.2) is 0 Å². The summed E-state index contributed by atoms with van der Waals surface area (Å²) in [5, 5.41) is 2.34. The van der Waals surface area contributed by atoms with E-state index in [-0.39, 0.29) is 0 Å². The molecule has 0 bridgehead atoms. The Labute approximate surface area is 87.9 Å². The molecule has 0 radical (unpaired) electrons. The van der Waals surface area contributed by atoms with Crippen molar-refractivity contribution in [2.45, 2.75) is 0 Å². The second-order valence-electron chi connectivity index (χ2n) is 2.85. The SMILES string of the molecule is Nc1cccc2ccccc12.O=[PH](O)O. The Balaban J connectivity index is 0.000000245. The van der Waals surface area contributed by atoms with Crippen molar-refractivity contribution in [1.82, 2.24) is 0 Å². The third-order valence-electron chi connectivity index (χ3n) is 1.82. The zero-order valence-electron chi connectivity index (χ0n) is 7.92. The highest BCUT2D eigenvalue weighted by Gasteiger charge is 1.92. The molecule has 0 saturated carbocycles. The summed E-state index contributed by atoms with van der Waals surface area (Å²) in [5.74, 6) is 0. The van der Waals surface area contributed by atoms with E-state index in [4.69, 9.17) is 20.1 Å². The summed E-state index contributed by atoms with van der Waals surface area (Å²) < 4.78 is 8.74. The molecule has 5 heteroatoms. The van der Waals surface area contributed by atoms with E-state index in [0.717, 1.165) is 11.1 Å². The van der Waals surface area contributed by atoms with E-state index in [1.54, 1.807) is 0 Å². The fraction of sp³-hybridized carbons (Fsp3) is 0. The van der Waals surface area contributed by atoms with Gasteiger partial charge in [0.15, 0.2) is 0 Å². The molecule has 0 aliphatic carbocycles. The van der Waals surface area contributed by atoms with Gasteiger partial charge in [0.1, 0.15) is 0 Å².